The van der Waals surface area contributed by atoms with Crippen molar-refractivity contribution in [2.75, 3.05) is 16.9 Å². The van der Waals surface area contributed by atoms with Gasteiger partial charge in [0, 0.05) is 22.9 Å². The second-order valence-electron chi connectivity index (χ2n) is 9.00. The Morgan fingerprint density at radius 3 is 2.82 bits per heavy atom. The van der Waals surface area contributed by atoms with Crippen LogP contribution in [0.25, 0.3) is 0 Å². The third-order valence-corrected chi connectivity index (χ3v) is 7.33. The first kappa shape index (κ1) is 26.6. The lowest BCUT2D eigenvalue weighted by Crippen LogP contribution is -2.48. The molecule has 0 radical (unpaired) electrons. The molecule has 2 aromatic heterocycles. The number of alkyl halides is 3. The van der Waals surface area contributed by atoms with E-state index in [0.717, 1.165) is 10.6 Å². The van der Waals surface area contributed by atoms with E-state index in [-0.39, 0.29) is 30.4 Å². The number of halogens is 3. The fraction of sp³-hybridized carbons (Fsp3) is 0.409. The highest BCUT2D eigenvalue weighted by atomic mass is 32.2. The molecule has 0 aromatic carbocycles. The van der Waals surface area contributed by atoms with Crippen LogP contribution >= 0.6 is 11.8 Å². The minimum Gasteiger partial charge on any atom is -0.355 e. The summed E-state index contributed by atoms with van der Waals surface area (Å²) in [4.78, 5) is 56.1. The number of aryl methyl sites for hydroxylation is 1. The fourth-order valence-corrected chi connectivity index (χ4v) is 5.13. The number of hydrogen-bond donors (Lipinski definition) is 5. The number of pyridine rings is 1. The summed E-state index contributed by atoms with van der Waals surface area (Å²) in [5, 5.41) is 9.59. The van der Waals surface area contributed by atoms with Crippen LogP contribution in [0.2, 0.25) is 0 Å². The van der Waals surface area contributed by atoms with Gasteiger partial charge in [-0.25, -0.2) is 20.1 Å². The van der Waals surface area contributed by atoms with E-state index in [1.807, 2.05) is 0 Å². The van der Waals surface area contributed by atoms with E-state index >= 15 is 0 Å². The second-order valence-corrected chi connectivity index (χ2v) is 9.98. The number of H-pyrrole nitrogens is 1. The van der Waals surface area contributed by atoms with Crippen molar-refractivity contribution in [1.29, 1.82) is 0 Å². The van der Waals surface area contributed by atoms with Gasteiger partial charge in [0.05, 0.1) is 18.8 Å². The Hall–Kier alpha value is -3.99. The lowest BCUT2D eigenvalue weighted by molar-refractivity contribution is -0.138. The third-order valence-electron chi connectivity index (χ3n) is 6.30. The molecule has 208 valence electrons. The molecule has 2 aromatic rings. The summed E-state index contributed by atoms with van der Waals surface area (Å²) in [5.41, 5.74) is 0.749. The van der Waals surface area contributed by atoms with Gasteiger partial charge in [-0.15, -0.1) is 11.8 Å². The Morgan fingerprint density at radius 1 is 1.36 bits per heavy atom. The van der Waals surface area contributed by atoms with Crippen molar-refractivity contribution in [3.63, 3.8) is 0 Å². The summed E-state index contributed by atoms with van der Waals surface area (Å²) in [6.45, 7) is 4.49. The maximum absolute atomic E-state index is 13.3. The van der Waals surface area contributed by atoms with Crippen molar-refractivity contribution in [3.05, 3.63) is 61.2 Å². The van der Waals surface area contributed by atoms with E-state index in [9.17, 15) is 27.6 Å². The molecule has 5 heterocycles. The molecular formula is C22H24F3N9O4S. The highest BCUT2D eigenvalue weighted by Gasteiger charge is 2.35. The number of aromatic amines is 1. The number of aliphatic imine (C=N–C) groups is 1. The summed E-state index contributed by atoms with van der Waals surface area (Å²) in [7, 11) is 0. The van der Waals surface area contributed by atoms with Gasteiger partial charge < -0.3 is 20.9 Å². The Morgan fingerprint density at radius 2 is 2.13 bits per heavy atom. The number of aromatic nitrogens is 3. The molecule has 0 saturated carbocycles. The van der Waals surface area contributed by atoms with Gasteiger partial charge in [0.2, 0.25) is 5.91 Å². The zero-order valence-corrected chi connectivity index (χ0v) is 21.7. The van der Waals surface area contributed by atoms with Gasteiger partial charge in [-0.1, -0.05) is 0 Å². The number of thioether (sulfide) groups is 1. The maximum atomic E-state index is 13.3. The molecule has 5 N–H and O–H groups in total. The molecule has 0 fully saturated rings. The van der Waals surface area contributed by atoms with E-state index in [2.05, 4.69) is 36.4 Å². The van der Waals surface area contributed by atoms with Crippen LogP contribution in [-0.4, -0.2) is 45.2 Å². The van der Waals surface area contributed by atoms with Crippen molar-refractivity contribution < 1.29 is 22.8 Å². The summed E-state index contributed by atoms with van der Waals surface area (Å²) in [6, 6.07) is 0.174. The van der Waals surface area contributed by atoms with Crippen LogP contribution < -0.4 is 37.6 Å². The number of amides is 1. The van der Waals surface area contributed by atoms with E-state index < -0.39 is 46.5 Å². The van der Waals surface area contributed by atoms with Crippen LogP contribution in [0.1, 0.15) is 36.0 Å². The van der Waals surface area contributed by atoms with Crippen LogP contribution in [0.15, 0.2) is 38.1 Å². The van der Waals surface area contributed by atoms with Crippen molar-refractivity contribution in [2.24, 2.45) is 4.99 Å². The Kier molecular flexibility index (Phi) is 6.79. The minimum absolute atomic E-state index is 0.0809. The van der Waals surface area contributed by atoms with Gasteiger partial charge in [-0.3, -0.25) is 24.1 Å². The number of anilines is 2. The molecule has 3 aliphatic rings. The van der Waals surface area contributed by atoms with Gasteiger partial charge in [0.1, 0.15) is 34.6 Å². The molecule has 13 nitrogen and oxygen atoms in total. The number of nitrogens with zero attached hydrogens (tertiary/aromatic N) is 4. The van der Waals surface area contributed by atoms with Gasteiger partial charge in [-0.2, -0.15) is 13.2 Å². The topological polar surface area (TPSA) is 158 Å². The first-order valence-electron chi connectivity index (χ1n) is 11.7. The summed E-state index contributed by atoms with van der Waals surface area (Å²) in [6.07, 6.45) is -3.64. The van der Waals surface area contributed by atoms with E-state index in [4.69, 9.17) is 4.84 Å². The summed E-state index contributed by atoms with van der Waals surface area (Å²) >= 11 is 1.18. The zero-order valence-electron chi connectivity index (χ0n) is 20.8. The van der Waals surface area contributed by atoms with Crippen LogP contribution in [0, 0.1) is 6.92 Å². The van der Waals surface area contributed by atoms with Gasteiger partial charge >= 0.3 is 11.9 Å². The standard InChI is InChI=1S/C22H24F3N9O4S/c1-9-13(22(23,24)25)4-12(5-26-9)19-30-15(7-39-19)29-18(35)10(2)34-8-27-17-16(34)20(36)33(21(37)31-17)6-14-28-11(3)38-32-14/h4-5,7,10-11,19,27,30H,6,8H2,1-3H3,(H,28,32)(H,29,35)(H,31,37)/t10-,11?,19?/m0/s1. The van der Waals surface area contributed by atoms with Gasteiger partial charge in [-0.05, 0) is 26.8 Å². The lowest BCUT2D eigenvalue weighted by Gasteiger charge is -2.25. The lowest BCUT2D eigenvalue weighted by atomic mass is 10.1. The number of amidine groups is 1. The Bertz CT molecular complexity index is 1500. The molecule has 39 heavy (non-hydrogen) atoms. The molecule has 2 unspecified atom stereocenters. The Labute approximate surface area is 222 Å². The number of fused-ring (bicyclic) bond motifs is 1. The van der Waals surface area contributed by atoms with E-state index in [1.54, 1.807) is 19.3 Å². The zero-order chi connectivity index (χ0) is 28.1. The molecule has 17 heteroatoms. The summed E-state index contributed by atoms with van der Waals surface area (Å²) in [5.74, 6) is 0.300. The quantitative estimate of drug-likeness (QED) is 0.342. The van der Waals surface area contributed by atoms with E-state index in [0.29, 0.717) is 17.2 Å². The molecule has 0 bridgehead atoms. The largest absolute Gasteiger partial charge is 0.418 e. The monoisotopic (exact) mass is 567 g/mol. The molecule has 0 spiro atoms. The number of carbonyl (C=O) groups is 1. The van der Waals surface area contributed by atoms with Crippen LogP contribution in [0.4, 0.5) is 24.7 Å². The Balaban J connectivity index is 1.28. The van der Waals surface area contributed by atoms with Gasteiger partial charge in [0.15, 0.2) is 6.23 Å². The average Bonchev–Trinajstić information content (AvgIpc) is 3.61. The molecule has 5 rings (SSSR count). The predicted octanol–water partition coefficient (Wildman–Crippen LogP) is 1.07. The third kappa shape index (κ3) is 5.18. The maximum Gasteiger partial charge on any atom is 0.418 e. The molecule has 3 aliphatic heterocycles. The van der Waals surface area contributed by atoms with Crippen molar-refractivity contribution >= 4 is 35.0 Å². The molecule has 1 amide bonds. The van der Waals surface area contributed by atoms with Crippen LogP contribution in [-0.2, 0) is 22.4 Å². The molecule has 0 aliphatic carbocycles. The van der Waals surface area contributed by atoms with Gasteiger partial charge in [0.25, 0.3) is 5.56 Å². The normalized spacial score (nSPS) is 20.9. The summed E-state index contributed by atoms with van der Waals surface area (Å²) < 4.78 is 40.8. The number of rotatable bonds is 6. The van der Waals surface area contributed by atoms with E-state index in [1.165, 1.54) is 29.8 Å². The van der Waals surface area contributed by atoms with Crippen molar-refractivity contribution in [1.82, 2.24) is 30.6 Å². The van der Waals surface area contributed by atoms with Crippen LogP contribution in [0.3, 0.4) is 0 Å². The molecule has 0 saturated heterocycles. The SMILES string of the molecule is Cc1ncc(C2NC(NC(=O)[C@H](C)N3CNc4[nH]c(=O)n(CC5=NC(C)ON5)c(=O)c43)=CS2)cc1C(F)(F)F. The fourth-order valence-electron chi connectivity index (χ4n) is 4.25. The number of carbonyl (C=O) groups excluding carboxylic acids is 1. The predicted molar refractivity (Wildman–Crippen MR) is 137 cm³/mol. The first-order valence-corrected chi connectivity index (χ1v) is 12.7. The average molecular weight is 568 g/mol. The molecule has 3 atom stereocenters. The smallest absolute Gasteiger partial charge is 0.355 e. The second kappa shape index (κ2) is 9.96. The number of nitrogens with one attached hydrogen (secondary N) is 5. The highest BCUT2D eigenvalue weighted by Crippen LogP contribution is 2.37. The van der Waals surface area contributed by atoms with Crippen molar-refractivity contribution in [3.8, 4) is 0 Å². The number of hydroxylamine groups is 1. The van der Waals surface area contributed by atoms with Crippen molar-refractivity contribution in [2.45, 2.75) is 51.1 Å². The first-order chi connectivity index (χ1) is 18.4. The number of hydrogen-bond acceptors (Lipinski definition) is 11. The van der Waals surface area contributed by atoms with Crippen LogP contribution in [0.5, 0.6) is 0 Å². The highest BCUT2D eigenvalue weighted by molar-refractivity contribution is 8.02. The molecular weight excluding hydrogens is 543 g/mol. The minimum atomic E-state index is -4.54.